The van der Waals surface area contributed by atoms with Crippen molar-refractivity contribution in [1.29, 1.82) is 0 Å². The number of esters is 1. The lowest BCUT2D eigenvalue weighted by Gasteiger charge is -2.30. The monoisotopic (exact) mass is 496 g/mol. The third-order valence-corrected chi connectivity index (χ3v) is 8.14. The van der Waals surface area contributed by atoms with E-state index >= 15 is 0 Å². The van der Waals surface area contributed by atoms with E-state index in [0.29, 0.717) is 26.9 Å². The first-order valence-corrected chi connectivity index (χ1v) is 12.4. The van der Waals surface area contributed by atoms with Crippen molar-refractivity contribution in [2.45, 2.75) is 23.1 Å². The van der Waals surface area contributed by atoms with Crippen molar-refractivity contribution >= 4 is 46.6 Å². The van der Waals surface area contributed by atoms with Crippen molar-refractivity contribution in [2.24, 2.45) is 5.92 Å². The van der Waals surface area contributed by atoms with Crippen molar-refractivity contribution in [3.05, 3.63) is 74.7 Å². The third-order valence-electron chi connectivity index (χ3n) is 5.74. The summed E-state index contributed by atoms with van der Waals surface area (Å²) in [4.78, 5) is 55.7. The molecule has 1 fully saturated rings. The van der Waals surface area contributed by atoms with E-state index in [9.17, 15) is 19.2 Å². The Morgan fingerprint density at radius 2 is 1.76 bits per heavy atom. The Balaban J connectivity index is 1.59. The Morgan fingerprint density at radius 1 is 1.03 bits per heavy atom. The number of anilines is 1. The molecule has 2 aliphatic heterocycles. The molecule has 1 aromatic heterocycles. The summed E-state index contributed by atoms with van der Waals surface area (Å²) in [5.74, 6) is -2.08. The topological polar surface area (TPSA) is 106 Å². The van der Waals surface area contributed by atoms with Crippen LogP contribution in [0.4, 0.5) is 5.69 Å². The number of fused-ring (bicyclic) bond motifs is 2. The smallest absolute Gasteiger partial charge is 0.344 e. The van der Waals surface area contributed by atoms with Crippen LogP contribution in [0.15, 0.2) is 64.4 Å². The zero-order valence-electron chi connectivity index (χ0n) is 18.1. The SMILES string of the molecule is CCOC(=O)COc1ccccc1C1c2sc(=O)[nH]c2SC2C(=O)N(c3ccccc3)C(=O)C21. The van der Waals surface area contributed by atoms with Gasteiger partial charge in [0.2, 0.25) is 11.8 Å². The van der Waals surface area contributed by atoms with Gasteiger partial charge in [-0.15, -0.1) is 0 Å². The molecule has 2 amide bonds. The fourth-order valence-electron chi connectivity index (χ4n) is 4.39. The number of para-hydroxylation sites is 2. The molecule has 8 nitrogen and oxygen atoms in total. The van der Waals surface area contributed by atoms with Crippen LogP contribution in [-0.2, 0) is 19.1 Å². The lowest BCUT2D eigenvalue weighted by Crippen LogP contribution is -2.32. The van der Waals surface area contributed by atoms with Crippen molar-refractivity contribution < 1.29 is 23.9 Å². The van der Waals surface area contributed by atoms with Gasteiger partial charge in [-0.05, 0) is 25.1 Å². The van der Waals surface area contributed by atoms with Crippen LogP contribution < -0.4 is 14.5 Å². The van der Waals surface area contributed by atoms with E-state index in [4.69, 9.17) is 9.47 Å². The molecule has 3 unspecified atom stereocenters. The summed E-state index contributed by atoms with van der Waals surface area (Å²) in [6.45, 7) is 1.65. The third kappa shape index (κ3) is 3.82. The Labute approximate surface area is 202 Å². The first kappa shape index (κ1) is 22.4. The predicted octanol–water partition coefficient (Wildman–Crippen LogP) is 3.17. The van der Waals surface area contributed by atoms with Gasteiger partial charge in [-0.25, -0.2) is 9.69 Å². The molecule has 34 heavy (non-hydrogen) atoms. The molecule has 3 heterocycles. The van der Waals surface area contributed by atoms with Crippen molar-refractivity contribution in [3.63, 3.8) is 0 Å². The minimum absolute atomic E-state index is 0.236. The molecule has 5 rings (SSSR count). The molecule has 1 N–H and O–H groups in total. The number of nitrogens with one attached hydrogen (secondary N) is 1. The van der Waals surface area contributed by atoms with Crippen LogP contribution >= 0.6 is 23.1 Å². The van der Waals surface area contributed by atoms with Crippen molar-refractivity contribution in [2.75, 3.05) is 18.1 Å². The first-order chi connectivity index (χ1) is 16.5. The highest BCUT2D eigenvalue weighted by Gasteiger charge is 2.56. The summed E-state index contributed by atoms with van der Waals surface area (Å²) in [5.41, 5.74) is 1.14. The normalized spacial score (nSPS) is 21.2. The van der Waals surface area contributed by atoms with Gasteiger partial charge >= 0.3 is 10.8 Å². The van der Waals surface area contributed by atoms with Crippen LogP contribution in [0.2, 0.25) is 0 Å². The predicted molar refractivity (Wildman–Crippen MR) is 127 cm³/mol. The summed E-state index contributed by atoms with van der Waals surface area (Å²) in [6, 6.07) is 15.9. The average Bonchev–Trinajstić information content (AvgIpc) is 3.33. The number of nitrogens with zero attached hydrogens (tertiary/aromatic N) is 1. The van der Waals surface area contributed by atoms with E-state index in [2.05, 4.69) is 4.98 Å². The number of benzene rings is 2. The number of H-pyrrole nitrogens is 1. The summed E-state index contributed by atoms with van der Waals surface area (Å²) in [6.07, 6.45) is 0. The van der Waals surface area contributed by atoms with Crippen LogP contribution in [0.5, 0.6) is 5.75 Å². The molecule has 0 aliphatic carbocycles. The van der Waals surface area contributed by atoms with Crippen molar-refractivity contribution in [3.8, 4) is 5.75 Å². The maximum Gasteiger partial charge on any atom is 0.344 e. The Morgan fingerprint density at radius 3 is 2.53 bits per heavy atom. The van der Waals surface area contributed by atoms with Gasteiger partial charge < -0.3 is 14.5 Å². The van der Waals surface area contributed by atoms with E-state index in [1.165, 1.54) is 16.7 Å². The van der Waals surface area contributed by atoms with Crippen LogP contribution in [0.25, 0.3) is 0 Å². The molecule has 2 aliphatic rings. The molecule has 1 saturated heterocycles. The largest absolute Gasteiger partial charge is 0.482 e. The summed E-state index contributed by atoms with van der Waals surface area (Å²) < 4.78 is 10.7. The van der Waals surface area contributed by atoms with Gasteiger partial charge in [0.1, 0.15) is 11.0 Å². The lowest BCUT2D eigenvalue weighted by molar-refractivity contribution is -0.145. The standard InChI is InChI=1S/C24H20N2O6S2/c1-2-31-16(27)12-32-15-11-7-6-10-14(15)17-18-20(33-21-19(17)34-24(30)25-21)23(29)26(22(18)28)13-8-4-3-5-9-13/h3-11,17-18,20H,2,12H2,1H3,(H,25,30). The second kappa shape index (κ2) is 9.11. The Bertz CT molecular complexity index is 1320. The van der Waals surface area contributed by atoms with E-state index < -0.39 is 23.1 Å². The minimum Gasteiger partial charge on any atom is -0.482 e. The minimum atomic E-state index is -0.732. The molecule has 0 radical (unpaired) electrons. The number of hydrogen-bond donors (Lipinski definition) is 1. The second-order valence-electron chi connectivity index (χ2n) is 7.73. The molecule has 0 saturated carbocycles. The van der Waals surface area contributed by atoms with Gasteiger partial charge in [-0.3, -0.25) is 14.4 Å². The van der Waals surface area contributed by atoms with E-state index in [-0.39, 0.29) is 29.9 Å². The maximum atomic E-state index is 13.7. The van der Waals surface area contributed by atoms with E-state index in [0.717, 1.165) is 11.3 Å². The Kier molecular flexibility index (Phi) is 6.01. The van der Waals surface area contributed by atoms with Gasteiger partial charge in [0.15, 0.2) is 6.61 Å². The number of carbonyl (C=O) groups is 3. The summed E-state index contributed by atoms with van der Waals surface area (Å²) in [5, 5.41) is -0.119. The van der Waals surface area contributed by atoms with Gasteiger partial charge in [0.25, 0.3) is 0 Å². The van der Waals surface area contributed by atoms with Crippen LogP contribution in [0.3, 0.4) is 0 Å². The zero-order chi connectivity index (χ0) is 23.8. The summed E-state index contributed by atoms with van der Waals surface area (Å²) in [7, 11) is 0. The molecule has 2 aromatic carbocycles. The van der Waals surface area contributed by atoms with Gasteiger partial charge in [-0.2, -0.15) is 0 Å². The number of aromatic amines is 1. The van der Waals surface area contributed by atoms with Crippen molar-refractivity contribution in [1.82, 2.24) is 4.98 Å². The van der Waals surface area contributed by atoms with Gasteiger partial charge in [0.05, 0.1) is 23.2 Å². The maximum absolute atomic E-state index is 13.7. The molecule has 10 heteroatoms. The van der Waals surface area contributed by atoms with Crippen LogP contribution in [-0.4, -0.2) is 41.2 Å². The number of ether oxygens (including phenoxy) is 2. The summed E-state index contributed by atoms with van der Waals surface area (Å²) >= 11 is 2.24. The number of rotatable bonds is 6. The second-order valence-corrected chi connectivity index (χ2v) is 9.90. The highest BCUT2D eigenvalue weighted by atomic mass is 32.2. The Hall–Kier alpha value is -3.37. The fraction of sp³-hybridized carbons (Fsp3) is 0.250. The number of amides is 2. The number of hydrogen-bond acceptors (Lipinski definition) is 8. The molecule has 3 aromatic rings. The van der Waals surface area contributed by atoms with Crippen LogP contribution in [0.1, 0.15) is 23.3 Å². The average molecular weight is 497 g/mol. The van der Waals surface area contributed by atoms with Gasteiger partial charge in [0, 0.05) is 16.4 Å². The number of carbonyl (C=O) groups excluding carboxylic acids is 3. The number of thioether (sulfide) groups is 1. The number of aromatic nitrogens is 1. The highest BCUT2D eigenvalue weighted by molar-refractivity contribution is 8.00. The lowest BCUT2D eigenvalue weighted by atomic mass is 9.82. The number of thiazole rings is 1. The molecule has 174 valence electrons. The van der Waals surface area contributed by atoms with Crippen LogP contribution in [0, 0.1) is 5.92 Å². The van der Waals surface area contributed by atoms with Gasteiger partial charge in [-0.1, -0.05) is 59.5 Å². The van der Waals surface area contributed by atoms with E-state index in [1.54, 1.807) is 55.5 Å². The number of imide groups is 1. The molecular formula is C24H20N2O6S2. The van der Waals surface area contributed by atoms with E-state index in [1.807, 2.05) is 6.07 Å². The first-order valence-electron chi connectivity index (χ1n) is 10.7. The quantitative estimate of drug-likeness (QED) is 0.413. The molecular weight excluding hydrogens is 476 g/mol. The molecule has 3 atom stereocenters. The zero-order valence-corrected chi connectivity index (χ0v) is 19.7. The highest BCUT2D eigenvalue weighted by Crippen LogP contribution is 2.54. The molecule has 0 spiro atoms. The fourth-order valence-corrected chi connectivity index (χ4v) is 6.90. The molecule has 0 bridgehead atoms.